The molecule has 0 saturated carbocycles. The van der Waals surface area contributed by atoms with E-state index in [0.717, 1.165) is 13.2 Å². The third-order valence-corrected chi connectivity index (χ3v) is 2.38. The Labute approximate surface area is 124 Å². The van der Waals surface area contributed by atoms with Gasteiger partial charge in [0.1, 0.15) is 0 Å². The van der Waals surface area contributed by atoms with E-state index in [0.29, 0.717) is 26.4 Å². The predicted molar refractivity (Wildman–Crippen MR) is 81.1 cm³/mol. The lowest BCUT2D eigenvalue weighted by atomic mass is 10.3. The van der Waals surface area contributed by atoms with Crippen LogP contribution in [0.4, 0.5) is 0 Å². The smallest absolute Gasteiger partial charge is 0.0701 e. The van der Waals surface area contributed by atoms with Crippen molar-refractivity contribution >= 4 is 0 Å². The van der Waals surface area contributed by atoms with Crippen molar-refractivity contribution in [2.45, 2.75) is 46.0 Å². The lowest BCUT2D eigenvalue weighted by Gasteiger charge is -2.01. The first-order valence-electron chi connectivity index (χ1n) is 7.78. The van der Waals surface area contributed by atoms with Crippen LogP contribution in [0.5, 0.6) is 0 Å². The van der Waals surface area contributed by atoms with Crippen LogP contribution in [0.1, 0.15) is 46.0 Å². The average Bonchev–Trinajstić information content (AvgIpc) is 2.47. The van der Waals surface area contributed by atoms with E-state index in [4.69, 9.17) is 24.4 Å². The van der Waals surface area contributed by atoms with Crippen LogP contribution in [0, 0.1) is 0 Å². The predicted octanol–water partition coefficient (Wildman–Crippen LogP) is 2.00. The molecule has 0 unspecified atom stereocenters. The maximum absolute atomic E-state index is 8.26. The second-order valence-electron chi connectivity index (χ2n) is 4.34. The van der Waals surface area contributed by atoms with Crippen LogP contribution >= 0.6 is 0 Å². The number of ether oxygens (including phenoxy) is 3. The fourth-order valence-electron chi connectivity index (χ4n) is 1.25. The van der Waals surface area contributed by atoms with Crippen molar-refractivity contribution in [3.05, 3.63) is 0 Å². The quantitative estimate of drug-likeness (QED) is 0.480. The Morgan fingerprint density at radius 2 is 1.00 bits per heavy atom. The maximum Gasteiger partial charge on any atom is 0.0701 e. The second-order valence-corrected chi connectivity index (χ2v) is 4.34. The summed E-state index contributed by atoms with van der Waals surface area (Å²) in [7, 11) is 0. The Kier molecular flexibility index (Phi) is 26.4. The summed E-state index contributed by atoms with van der Waals surface area (Å²) in [6, 6.07) is 0. The molecule has 0 amide bonds. The van der Waals surface area contributed by atoms with Crippen molar-refractivity contribution in [1.82, 2.24) is 0 Å². The number of rotatable bonds is 14. The van der Waals surface area contributed by atoms with Crippen LogP contribution in [0.3, 0.4) is 0 Å². The fourth-order valence-corrected chi connectivity index (χ4v) is 1.25. The third-order valence-electron chi connectivity index (χ3n) is 2.38. The SMILES string of the molecule is CCCCCOCCCC.OCCOCCOCCO. The minimum atomic E-state index is 0.0417. The van der Waals surface area contributed by atoms with E-state index < -0.39 is 0 Å². The van der Waals surface area contributed by atoms with Crippen LogP contribution in [-0.4, -0.2) is 63.1 Å². The van der Waals surface area contributed by atoms with Gasteiger partial charge in [-0.25, -0.2) is 0 Å². The Balaban J connectivity index is 0. The molecule has 0 rings (SSSR count). The van der Waals surface area contributed by atoms with Gasteiger partial charge in [-0.1, -0.05) is 33.1 Å². The number of aliphatic hydroxyl groups excluding tert-OH is 2. The highest BCUT2D eigenvalue weighted by molar-refractivity contribution is 4.37. The molecule has 0 aromatic carbocycles. The normalized spacial score (nSPS) is 10.2. The minimum absolute atomic E-state index is 0.0417. The molecule has 0 radical (unpaired) electrons. The molecule has 0 aromatic heterocycles. The molecule has 0 aromatic rings. The Morgan fingerprint density at radius 1 is 0.550 bits per heavy atom. The summed E-state index contributed by atoms with van der Waals surface area (Å²) < 4.78 is 15.1. The Morgan fingerprint density at radius 3 is 1.45 bits per heavy atom. The molecule has 2 N–H and O–H groups in total. The number of hydrogen-bond donors (Lipinski definition) is 2. The van der Waals surface area contributed by atoms with Crippen molar-refractivity contribution in [2.24, 2.45) is 0 Å². The van der Waals surface area contributed by atoms with Crippen molar-refractivity contribution in [3.63, 3.8) is 0 Å². The lowest BCUT2D eigenvalue weighted by molar-refractivity contribution is 0.0222. The molecule has 0 aliphatic heterocycles. The highest BCUT2D eigenvalue weighted by Crippen LogP contribution is 1.95. The van der Waals surface area contributed by atoms with E-state index in [9.17, 15) is 0 Å². The number of hydrogen-bond acceptors (Lipinski definition) is 5. The first-order chi connectivity index (χ1) is 9.83. The largest absolute Gasteiger partial charge is 0.394 e. The Bertz CT molecular complexity index is 112. The summed E-state index contributed by atoms with van der Waals surface area (Å²) in [6.45, 7) is 8.06. The molecule has 5 nitrogen and oxygen atoms in total. The van der Waals surface area contributed by atoms with E-state index in [1.807, 2.05) is 0 Å². The van der Waals surface area contributed by atoms with E-state index in [-0.39, 0.29) is 13.2 Å². The van der Waals surface area contributed by atoms with Gasteiger partial charge >= 0.3 is 0 Å². The van der Waals surface area contributed by atoms with Gasteiger partial charge in [-0.3, -0.25) is 0 Å². The van der Waals surface area contributed by atoms with Gasteiger partial charge in [-0.05, 0) is 12.8 Å². The molecular weight excluding hydrogens is 260 g/mol. The summed E-state index contributed by atoms with van der Waals surface area (Å²) in [5.74, 6) is 0. The number of unbranched alkanes of at least 4 members (excludes halogenated alkanes) is 3. The van der Waals surface area contributed by atoms with Gasteiger partial charge in [0.2, 0.25) is 0 Å². The van der Waals surface area contributed by atoms with Gasteiger partial charge < -0.3 is 24.4 Å². The molecule has 20 heavy (non-hydrogen) atoms. The zero-order valence-electron chi connectivity index (χ0n) is 13.3. The molecular formula is C15H34O5. The highest BCUT2D eigenvalue weighted by atomic mass is 16.5. The van der Waals surface area contributed by atoms with Crippen molar-refractivity contribution < 1.29 is 24.4 Å². The van der Waals surface area contributed by atoms with Crippen LogP contribution in [-0.2, 0) is 14.2 Å². The van der Waals surface area contributed by atoms with Crippen LogP contribution in [0.2, 0.25) is 0 Å². The molecule has 0 atom stereocenters. The molecule has 0 aliphatic rings. The molecule has 5 heteroatoms. The van der Waals surface area contributed by atoms with Crippen molar-refractivity contribution in [1.29, 1.82) is 0 Å². The number of aliphatic hydroxyl groups is 2. The van der Waals surface area contributed by atoms with E-state index >= 15 is 0 Å². The van der Waals surface area contributed by atoms with Gasteiger partial charge in [-0.15, -0.1) is 0 Å². The van der Waals surface area contributed by atoms with Gasteiger partial charge in [0.15, 0.2) is 0 Å². The molecule has 0 bridgehead atoms. The lowest BCUT2D eigenvalue weighted by Crippen LogP contribution is -2.09. The first-order valence-corrected chi connectivity index (χ1v) is 7.78. The average molecular weight is 294 g/mol. The molecule has 0 fully saturated rings. The summed E-state index contributed by atoms with van der Waals surface area (Å²) in [5.41, 5.74) is 0. The maximum atomic E-state index is 8.26. The first kappa shape index (κ1) is 22.1. The zero-order valence-corrected chi connectivity index (χ0v) is 13.3. The molecule has 0 spiro atoms. The molecule has 0 aliphatic carbocycles. The summed E-state index contributed by atoms with van der Waals surface area (Å²) in [5, 5.41) is 16.5. The fraction of sp³-hybridized carbons (Fsp3) is 1.00. The van der Waals surface area contributed by atoms with E-state index in [1.54, 1.807) is 0 Å². The molecule has 0 saturated heterocycles. The topological polar surface area (TPSA) is 68.2 Å². The van der Waals surface area contributed by atoms with Crippen LogP contribution < -0.4 is 0 Å². The molecule has 0 heterocycles. The van der Waals surface area contributed by atoms with Gasteiger partial charge in [0.05, 0.1) is 39.6 Å². The van der Waals surface area contributed by atoms with E-state index in [1.165, 1.54) is 32.1 Å². The van der Waals surface area contributed by atoms with Crippen LogP contribution in [0.15, 0.2) is 0 Å². The van der Waals surface area contributed by atoms with Crippen molar-refractivity contribution in [2.75, 3.05) is 52.9 Å². The Hall–Kier alpha value is -0.200. The van der Waals surface area contributed by atoms with Gasteiger partial charge in [0, 0.05) is 13.2 Å². The molecule has 124 valence electrons. The van der Waals surface area contributed by atoms with Crippen LogP contribution in [0.25, 0.3) is 0 Å². The second kappa shape index (κ2) is 23.9. The van der Waals surface area contributed by atoms with E-state index in [2.05, 4.69) is 13.8 Å². The summed E-state index contributed by atoms with van der Waals surface area (Å²) >= 11 is 0. The van der Waals surface area contributed by atoms with Gasteiger partial charge in [0.25, 0.3) is 0 Å². The summed E-state index contributed by atoms with van der Waals surface area (Å²) in [4.78, 5) is 0. The van der Waals surface area contributed by atoms with Gasteiger partial charge in [-0.2, -0.15) is 0 Å². The third kappa shape index (κ3) is 26.4. The van der Waals surface area contributed by atoms with Crippen molar-refractivity contribution in [3.8, 4) is 0 Å². The standard InChI is InChI=1S/C9H20O.C6H14O4/c1-3-5-7-9-10-8-6-4-2;7-1-3-9-5-6-10-4-2-8/h3-9H2,1-2H3;7-8H,1-6H2. The summed E-state index contributed by atoms with van der Waals surface area (Å²) in [6.07, 6.45) is 6.30. The zero-order chi connectivity index (χ0) is 15.3. The minimum Gasteiger partial charge on any atom is -0.394 e. The highest BCUT2D eigenvalue weighted by Gasteiger charge is 1.87. The monoisotopic (exact) mass is 294 g/mol.